The van der Waals surface area contributed by atoms with E-state index in [0.717, 1.165) is 5.57 Å². The number of aliphatic hydroxyl groups excluding tert-OH is 2. The summed E-state index contributed by atoms with van der Waals surface area (Å²) in [6.07, 6.45) is 2.34. The standard InChI is InChI=1S/C31H32N4O6/c1-5-32-34-18-9-14(11-36)20-21-15(12-37)10-19(38)25-27(21)23-17(31(41-4)30(25)40)8-13(3)7-16-22(23)26(20)24(18)29(39)28(16)35-33-6-2/h7,9-10,32-37,40H,5-6,8,11-12H2,1-4H3. The minimum absolute atomic E-state index is 0.0724. The Balaban J connectivity index is 2.08. The summed E-state index contributed by atoms with van der Waals surface area (Å²) in [5, 5.41) is 36.6. The van der Waals surface area contributed by atoms with Crippen molar-refractivity contribution in [2.45, 2.75) is 40.4 Å². The van der Waals surface area contributed by atoms with E-state index >= 15 is 0 Å². The first kappa shape index (κ1) is 27.0. The fourth-order valence-corrected chi connectivity index (χ4v) is 6.50. The first-order valence-corrected chi connectivity index (χ1v) is 13.6. The van der Waals surface area contributed by atoms with Crippen molar-refractivity contribution in [1.82, 2.24) is 10.9 Å². The number of fused-ring (bicyclic) bond motifs is 1. The van der Waals surface area contributed by atoms with E-state index in [2.05, 4.69) is 21.7 Å². The van der Waals surface area contributed by atoms with Crippen molar-refractivity contribution >= 4 is 60.5 Å². The normalized spacial score (nSPS) is 13.1. The highest BCUT2D eigenvalue weighted by Gasteiger charge is 2.32. The number of phenols is 1. The molecule has 1 aliphatic rings. The van der Waals surface area contributed by atoms with Gasteiger partial charge in [-0.15, -0.1) is 0 Å². The van der Waals surface area contributed by atoms with Crippen LogP contribution in [-0.2, 0) is 19.6 Å². The number of methoxy groups -OCH3 is 1. The molecule has 7 N–H and O–H groups in total. The number of benzene rings is 5. The lowest BCUT2D eigenvalue weighted by molar-refractivity contribution is 0.282. The molecule has 0 unspecified atom stereocenters. The summed E-state index contributed by atoms with van der Waals surface area (Å²) in [6, 6.07) is 3.03. The zero-order valence-corrected chi connectivity index (χ0v) is 23.3. The number of hydrogen-bond donors (Lipinski definition) is 7. The van der Waals surface area contributed by atoms with Crippen LogP contribution in [0.3, 0.4) is 0 Å². The summed E-state index contributed by atoms with van der Waals surface area (Å²) in [5.41, 5.74) is 15.6. The molecule has 0 aliphatic heterocycles. The van der Waals surface area contributed by atoms with Gasteiger partial charge < -0.3 is 30.9 Å². The Kier molecular flexibility index (Phi) is 6.58. The molecule has 10 nitrogen and oxygen atoms in total. The van der Waals surface area contributed by atoms with Crippen LogP contribution in [0.5, 0.6) is 11.5 Å². The predicted molar refractivity (Wildman–Crippen MR) is 163 cm³/mol. The Morgan fingerprint density at radius 1 is 0.829 bits per heavy atom. The fraction of sp³-hybridized carbons (Fsp3) is 0.290. The third-order valence-electron chi connectivity index (χ3n) is 7.98. The number of hydrogen-bond acceptors (Lipinski definition) is 10. The Morgan fingerprint density at radius 3 is 2.10 bits per heavy atom. The van der Waals surface area contributed by atoms with E-state index in [0.29, 0.717) is 90.8 Å². The molecule has 1 aliphatic carbocycles. The van der Waals surface area contributed by atoms with Gasteiger partial charge >= 0.3 is 0 Å². The second kappa shape index (κ2) is 10.0. The molecular weight excluding hydrogens is 524 g/mol. The molecule has 5 aromatic rings. The van der Waals surface area contributed by atoms with Crippen LogP contribution >= 0.6 is 0 Å². The van der Waals surface area contributed by atoms with E-state index in [4.69, 9.17) is 4.74 Å². The van der Waals surface area contributed by atoms with Crippen molar-refractivity contribution in [3.05, 3.63) is 60.4 Å². The van der Waals surface area contributed by atoms with Crippen LogP contribution in [0.1, 0.15) is 43.0 Å². The molecule has 10 heteroatoms. The molecule has 0 saturated carbocycles. The van der Waals surface area contributed by atoms with Crippen molar-refractivity contribution in [1.29, 1.82) is 0 Å². The smallest absolute Gasteiger partial charge is 0.213 e. The van der Waals surface area contributed by atoms with Crippen LogP contribution in [0, 0.1) is 0 Å². The first-order chi connectivity index (χ1) is 19.8. The van der Waals surface area contributed by atoms with Gasteiger partial charge in [0.05, 0.1) is 36.8 Å². The van der Waals surface area contributed by atoms with Gasteiger partial charge in [0.15, 0.2) is 16.9 Å². The highest BCUT2D eigenvalue weighted by molar-refractivity contribution is 6.39. The van der Waals surface area contributed by atoms with Gasteiger partial charge in [0.2, 0.25) is 5.43 Å². The van der Waals surface area contributed by atoms with Gasteiger partial charge in [-0.05, 0) is 52.8 Å². The maximum atomic E-state index is 14.4. The minimum Gasteiger partial charge on any atom is -0.504 e. The van der Waals surface area contributed by atoms with Crippen molar-refractivity contribution in [2.24, 2.45) is 0 Å². The summed E-state index contributed by atoms with van der Waals surface area (Å²) in [4.78, 5) is 27.9. The number of aliphatic hydroxyl groups is 2. The fourth-order valence-electron chi connectivity index (χ4n) is 6.50. The van der Waals surface area contributed by atoms with Gasteiger partial charge in [0, 0.05) is 40.4 Å². The topological polar surface area (TPSA) is 152 Å². The zero-order chi connectivity index (χ0) is 29.2. The Morgan fingerprint density at radius 2 is 1.46 bits per heavy atom. The molecule has 0 fully saturated rings. The van der Waals surface area contributed by atoms with E-state index < -0.39 is 12.0 Å². The van der Waals surface area contributed by atoms with E-state index in [9.17, 15) is 24.9 Å². The Bertz CT molecular complexity index is 2020. The van der Waals surface area contributed by atoms with Gasteiger partial charge in [-0.2, -0.15) is 0 Å². The molecular formula is C31H32N4O6. The third kappa shape index (κ3) is 3.65. The number of phenolic OH excluding ortho intramolecular Hbond substituents is 1. The van der Waals surface area contributed by atoms with E-state index in [1.807, 2.05) is 26.8 Å². The molecule has 0 saturated heterocycles. The first-order valence-electron chi connectivity index (χ1n) is 13.6. The van der Waals surface area contributed by atoms with Crippen molar-refractivity contribution in [2.75, 3.05) is 31.1 Å². The monoisotopic (exact) mass is 556 g/mol. The molecule has 6 rings (SSSR count). The van der Waals surface area contributed by atoms with Crippen LogP contribution in [0.4, 0.5) is 11.4 Å². The summed E-state index contributed by atoms with van der Waals surface area (Å²) in [7, 11) is 1.45. The van der Waals surface area contributed by atoms with Crippen molar-refractivity contribution in [3.63, 3.8) is 0 Å². The largest absolute Gasteiger partial charge is 0.504 e. The van der Waals surface area contributed by atoms with Crippen LogP contribution in [0.15, 0.2) is 27.3 Å². The lowest BCUT2D eigenvalue weighted by Gasteiger charge is -2.25. The van der Waals surface area contributed by atoms with E-state index in [1.54, 1.807) is 6.07 Å². The minimum atomic E-state index is -0.455. The Labute approximate surface area is 234 Å². The van der Waals surface area contributed by atoms with Gasteiger partial charge in [-0.25, -0.2) is 10.9 Å². The highest BCUT2D eigenvalue weighted by Crippen LogP contribution is 2.53. The maximum absolute atomic E-state index is 14.4. The molecule has 0 bridgehead atoms. The summed E-state index contributed by atoms with van der Waals surface area (Å²) in [5.74, 6) is -0.0726. The van der Waals surface area contributed by atoms with Crippen LogP contribution in [0.25, 0.3) is 49.2 Å². The highest BCUT2D eigenvalue weighted by atomic mass is 16.5. The van der Waals surface area contributed by atoms with E-state index in [-0.39, 0.29) is 28.9 Å². The molecule has 0 amide bonds. The number of aromatic hydroxyl groups is 1. The summed E-state index contributed by atoms with van der Waals surface area (Å²) < 4.78 is 5.73. The predicted octanol–water partition coefficient (Wildman–Crippen LogP) is 3.43. The summed E-state index contributed by atoms with van der Waals surface area (Å²) >= 11 is 0. The molecule has 0 aromatic heterocycles. The number of anilines is 2. The molecule has 0 radical (unpaired) electrons. The van der Waals surface area contributed by atoms with Gasteiger partial charge in [0.1, 0.15) is 5.69 Å². The quantitative estimate of drug-likeness (QED) is 0.0817. The van der Waals surface area contributed by atoms with Gasteiger partial charge in [-0.3, -0.25) is 9.59 Å². The van der Waals surface area contributed by atoms with Crippen LogP contribution < -0.4 is 37.3 Å². The van der Waals surface area contributed by atoms with E-state index in [1.165, 1.54) is 13.2 Å². The number of hydrazine groups is 2. The van der Waals surface area contributed by atoms with Crippen molar-refractivity contribution < 1.29 is 20.1 Å². The molecule has 0 spiro atoms. The lowest BCUT2D eigenvalue weighted by atomic mass is 9.81. The average molecular weight is 557 g/mol. The second-order valence-corrected chi connectivity index (χ2v) is 10.4. The van der Waals surface area contributed by atoms with Gasteiger partial charge in [-0.1, -0.05) is 25.5 Å². The number of rotatable bonds is 9. The van der Waals surface area contributed by atoms with Crippen LogP contribution in [0.2, 0.25) is 0 Å². The number of nitrogens with one attached hydrogen (secondary N) is 4. The molecule has 5 aromatic carbocycles. The average Bonchev–Trinajstić information content (AvgIpc) is 3.11. The van der Waals surface area contributed by atoms with Crippen LogP contribution in [-0.4, -0.2) is 35.5 Å². The Hall–Kier alpha value is -4.22. The number of allylic oxidation sites excluding steroid dienone is 1. The molecule has 212 valence electrons. The maximum Gasteiger partial charge on any atom is 0.213 e. The molecule has 41 heavy (non-hydrogen) atoms. The summed E-state index contributed by atoms with van der Waals surface area (Å²) in [6.45, 7) is 6.09. The lowest BCUT2D eigenvalue weighted by Crippen LogP contribution is -2.27. The van der Waals surface area contributed by atoms with Crippen molar-refractivity contribution in [3.8, 4) is 11.5 Å². The molecule has 0 atom stereocenters. The zero-order valence-electron chi connectivity index (χ0n) is 23.3. The molecule has 0 heterocycles. The number of ether oxygens (including phenoxy) is 1. The second-order valence-electron chi connectivity index (χ2n) is 10.4. The van der Waals surface area contributed by atoms with Gasteiger partial charge in [0.25, 0.3) is 0 Å². The SMILES string of the molecule is CCNNc1c2c3c4c(c(OC)c(O)c5c(=O)cc(CO)c(c6c(CO)cc(NNCC)c(c1=O)c63)c54)CC(C)=C2. The third-order valence-corrected chi connectivity index (χ3v) is 7.98.